The van der Waals surface area contributed by atoms with Crippen molar-refractivity contribution in [3.05, 3.63) is 47.5 Å². The fraction of sp³-hybridized carbons (Fsp3) is 0.167. The van der Waals surface area contributed by atoms with Gasteiger partial charge in [-0.05, 0) is 23.3 Å². The second-order valence-electron chi connectivity index (χ2n) is 6.00. The summed E-state index contributed by atoms with van der Waals surface area (Å²) >= 11 is 0. The number of aliphatic carboxylic acids is 3. The van der Waals surface area contributed by atoms with Gasteiger partial charge in [0, 0.05) is 0 Å². The molecule has 2 aromatic carbocycles. The van der Waals surface area contributed by atoms with Crippen LogP contribution in [0.15, 0.2) is 36.4 Å². The smallest absolute Gasteiger partial charge is 0.337 e. The number of benzene rings is 2. The Morgan fingerprint density at radius 1 is 0.742 bits per heavy atom. The first-order valence-corrected chi connectivity index (χ1v) is 7.72. The van der Waals surface area contributed by atoms with Crippen LogP contribution in [0.2, 0.25) is 0 Å². The summed E-state index contributed by atoms with van der Waals surface area (Å²) in [7, 11) is 0. The van der Waals surface area contributed by atoms with Crippen LogP contribution in [0.3, 0.4) is 0 Å². The van der Waals surface area contributed by atoms with Crippen LogP contribution in [0.4, 0.5) is 0 Å². The molecule has 1 aliphatic rings. The Balaban J connectivity index is 0. The van der Waals surface area contributed by atoms with Crippen molar-refractivity contribution >= 4 is 77.8 Å². The SMILES string of the molecule is Cl.Cl.Cl.O=C(O)C1CC1(C(=O)O)C(=O)O.O=C(O)c1ccc2ccccc2c1C(=O)O. The number of halogens is 3. The van der Waals surface area contributed by atoms with E-state index in [9.17, 15) is 24.0 Å². The summed E-state index contributed by atoms with van der Waals surface area (Å²) in [6, 6.07) is 9.72. The van der Waals surface area contributed by atoms with Gasteiger partial charge in [0.05, 0.1) is 17.0 Å². The molecule has 0 amide bonds. The molecule has 31 heavy (non-hydrogen) atoms. The summed E-state index contributed by atoms with van der Waals surface area (Å²) in [6.45, 7) is 0. The highest BCUT2D eigenvalue weighted by molar-refractivity contribution is 6.11. The molecule has 3 rings (SSSR count). The molecular formula is C18H17Cl3O10. The number of hydrogen-bond acceptors (Lipinski definition) is 5. The summed E-state index contributed by atoms with van der Waals surface area (Å²) in [5, 5.41) is 44.4. The molecule has 13 heteroatoms. The summed E-state index contributed by atoms with van der Waals surface area (Å²) in [4.78, 5) is 53.0. The summed E-state index contributed by atoms with van der Waals surface area (Å²) < 4.78 is 0. The van der Waals surface area contributed by atoms with E-state index in [1.807, 2.05) is 0 Å². The van der Waals surface area contributed by atoms with Gasteiger partial charge in [-0.3, -0.25) is 14.4 Å². The first-order chi connectivity index (χ1) is 13.0. The molecule has 0 heterocycles. The normalized spacial score (nSPS) is 14.8. The van der Waals surface area contributed by atoms with Crippen LogP contribution in [0.5, 0.6) is 0 Å². The second-order valence-corrected chi connectivity index (χ2v) is 6.00. The molecule has 1 atom stereocenters. The van der Waals surface area contributed by atoms with Crippen molar-refractivity contribution in [2.24, 2.45) is 11.3 Å². The molecule has 1 aliphatic carbocycles. The molecule has 0 saturated heterocycles. The number of rotatable bonds is 5. The van der Waals surface area contributed by atoms with E-state index in [-0.39, 0.29) is 54.8 Å². The third-order valence-corrected chi connectivity index (χ3v) is 4.40. The van der Waals surface area contributed by atoms with Gasteiger partial charge in [0.2, 0.25) is 0 Å². The fourth-order valence-electron chi connectivity index (χ4n) is 2.81. The van der Waals surface area contributed by atoms with E-state index in [1.165, 1.54) is 6.07 Å². The molecule has 0 bridgehead atoms. The molecule has 1 unspecified atom stereocenters. The number of aromatic carboxylic acids is 2. The van der Waals surface area contributed by atoms with E-state index in [4.69, 9.17) is 25.5 Å². The van der Waals surface area contributed by atoms with E-state index in [0.717, 1.165) is 0 Å². The summed E-state index contributed by atoms with van der Waals surface area (Å²) in [5.74, 6) is -8.28. The zero-order valence-electron chi connectivity index (χ0n) is 15.3. The summed E-state index contributed by atoms with van der Waals surface area (Å²) in [6.07, 6.45) is -0.326. The Morgan fingerprint density at radius 2 is 1.26 bits per heavy atom. The quantitative estimate of drug-likeness (QED) is 0.383. The first-order valence-electron chi connectivity index (χ1n) is 7.72. The molecule has 2 aromatic rings. The second kappa shape index (κ2) is 11.3. The van der Waals surface area contributed by atoms with Crippen molar-refractivity contribution < 1.29 is 49.5 Å². The Kier molecular flexibility index (Phi) is 11.0. The van der Waals surface area contributed by atoms with Gasteiger partial charge < -0.3 is 25.5 Å². The van der Waals surface area contributed by atoms with Gasteiger partial charge in [-0.15, -0.1) is 37.2 Å². The monoisotopic (exact) mass is 498 g/mol. The Morgan fingerprint density at radius 3 is 1.61 bits per heavy atom. The lowest BCUT2D eigenvalue weighted by Gasteiger charge is -2.05. The minimum absolute atomic E-state index is 0. The zero-order chi connectivity index (χ0) is 21.2. The number of carbonyl (C=O) groups is 5. The molecule has 0 radical (unpaired) electrons. The highest BCUT2D eigenvalue weighted by Crippen LogP contribution is 2.53. The van der Waals surface area contributed by atoms with Gasteiger partial charge in [-0.1, -0.05) is 30.3 Å². The van der Waals surface area contributed by atoms with Crippen LogP contribution < -0.4 is 0 Å². The van der Waals surface area contributed by atoms with Gasteiger partial charge in [-0.25, -0.2) is 9.59 Å². The van der Waals surface area contributed by atoms with Crippen LogP contribution >= 0.6 is 37.2 Å². The number of carboxylic acid groups (broad SMARTS) is 5. The van der Waals surface area contributed by atoms with Crippen molar-refractivity contribution in [1.82, 2.24) is 0 Å². The van der Waals surface area contributed by atoms with E-state index >= 15 is 0 Å². The van der Waals surface area contributed by atoms with Crippen molar-refractivity contribution in [1.29, 1.82) is 0 Å². The average molecular weight is 500 g/mol. The number of carboxylic acids is 5. The van der Waals surface area contributed by atoms with Crippen molar-refractivity contribution in [2.75, 3.05) is 0 Å². The standard InChI is InChI=1S/C12H8O4.C6H6O6.3ClH/c13-11(14)9-6-5-7-3-1-2-4-8(7)10(9)12(15)16;7-3(8)2-1-6(2,4(9)10)5(11)12;;;/h1-6H,(H,13,14)(H,15,16);2H,1H2,(H,7,8)(H,9,10)(H,11,12);3*1H. The van der Waals surface area contributed by atoms with Crippen LogP contribution in [-0.4, -0.2) is 55.4 Å². The first kappa shape index (κ1) is 30.1. The van der Waals surface area contributed by atoms with Gasteiger partial charge in [0.15, 0.2) is 5.41 Å². The molecule has 10 nitrogen and oxygen atoms in total. The predicted molar refractivity (Wildman–Crippen MR) is 113 cm³/mol. The Bertz CT molecular complexity index is 1010. The van der Waals surface area contributed by atoms with Crippen LogP contribution in [0.25, 0.3) is 10.8 Å². The van der Waals surface area contributed by atoms with Crippen molar-refractivity contribution in [2.45, 2.75) is 6.42 Å². The molecule has 0 spiro atoms. The highest BCUT2D eigenvalue weighted by atomic mass is 35.5. The third-order valence-electron chi connectivity index (χ3n) is 4.40. The highest BCUT2D eigenvalue weighted by Gasteiger charge is 2.70. The van der Waals surface area contributed by atoms with Crippen LogP contribution in [0.1, 0.15) is 27.1 Å². The number of fused-ring (bicyclic) bond motifs is 1. The molecular weight excluding hydrogens is 483 g/mol. The van der Waals surface area contributed by atoms with Crippen molar-refractivity contribution in [3.63, 3.8) is 0 Å². The molecule has 1 fully saturated rings. The van der Waals surface area contributed by atoms with Crippen LogP contribution in [-0.2, 0) is 14.4 Å². The molecule has 1 saturated carbocycles. The maximum atomic E-state index is 11.1. The lowest BCUT2D eigenvalue weighted by atomic mass is 9.99. The predicted octanol–water partition coefficient (Wildman–Crippen LogP) is 2.75. The minimum atomic E-state index is -2.08. The summed E-state index contributed by atoms with van der Waals surface area (Å²) in [5.41, 5.74) is -2.43. The maximum Gasteiger partial charge on any atom is 0.337 e. The zero-order valence-corrected chi connectivity index (χ0v) is 17.7. The molecule has 0 aliphatic heterocycles. The molecule has 0 aromatic heterocycles. The van der Waals surface area contributed by atoms with Crippen molar-refractivity contribution in [3.8, 4) is 0 Å². The van der Waals surface area contributed by atoms with E-state index in [0.29, 0.717) is 10.8 Å². The Hall–Kier alpha value is -3.08. The van der Waals surface area contributed by atoms with Gasteiger partial charge in [0.25, 0.3) is 0 Å². The van der Waals surface area contributed by atoms with E-state index in [2.05, 4.69) is 0 Å². The number of hydrogen-bond donors (Lipinski definition) is 5. The van der Waals surface area contributed by atoms with E-state index < -0.39 is 41.2 Å². The topological polar surface area (TPSA) is 186 Å². The van der Waals surface area contributed by atoms with Crippen LogP contribution in [0, 0.1) is 11.3 Å². The average Bonchev–Trinajstić information content (AvgIpc) is 3.38. The molecule has 5 N–H and O–H groups in total. The van der Waals surface area contributed by atoms with Gasteiger partial charge in [0.1, 0.15) is 0 Å². The lowest BCUT2D eigenvalue weighted by Crippen LogP contribution is -2.29. The van der Waals surface area contributed by atoms with Gasteiger partial charge in [-0.2, -0.15) is 0 Å². The minimum Gasteiger partial charge on any atom is -0.481 e. The van der Waals surface area contributed by atoms with Gasteiger partial charge >= 0.3 is 29.8 Å². The third kappa shape index (κ3) is 5.75. The maximum absolute atomic E-state index is 11.1. The fourth-order valence-corrected chi connectivity index (χ4v) is 2.81. The van der Waals surface area contributed by atoms with E-state index in [1.54, 1.807) is 30.3 Å². The Labute approximate surface area is 192 Å². The largest absolute Gasteiger partial charge is 0.481 e. The lowest BCUT2D eigenvalue weighted by molar-refractivity contribution is -0.160. The molecule has 170 valence electrons.